The van der Waals surface area contributed by atoms with E-state index in [0.29, 0.717) is 25.9 Å². The smallest absolute Gasteiger partial charge is 0.347 e. The number of hydrogen-bond donors (Lipinski definition) is 1. The number of hydrogen-bond acceptors (Lipinski definition) is 3. The Kier molecular flexibility index (Phi) is 3.56. The average Bonchev–Trinajstić information content (AvgIpc) is 3.05. The van der Waals surface area contributed by atoms with Gasteiger partial charge in [0.25, 0.3) is 5.91 Å². The SMILES string of the molecule is O=C1CCC2(CN(C(=O)c3sc4c(C(F)(F)F)cccc4c3Cl)C2)N1. The molecule has 1 aromatic heterocycles. The molecule has 0 unspecified atom stereocenters. The molecule has 2 amide bonds. The Labute approximate surface area is 149 Å². The molecular weight excluding hydrogens is 377 g/mol. The van der Waals surface area contributed by atoms with E-state index in [0.717, 1.165) is 17.4 Å². The van der Waals surface area contributed by atoms with E-state index in [2.05, 4.69) is 5.32 Å². The predicted octanol–water partition coefficient (Wildman–Crippen LogP) is 3.68. The largest absolute Gasteiger partial charge is 0.417 e. The summed E-state index contributed by atoms with van der Waals surface area (Å²) >= 11 is 6.96. The summed E-state index contributed by atoms with van der Waals surface area (Å²) in [6.45, 7) is 0.711. The number of thiophene rings is 1. The normalized spacial score (nSPS) is 19.4. The summed E-state index contributed by atoms with van der Waals surface area (Å²) in [7, 11) is 0. The fourth-order valence-corrected chi connectivity index (χ4v) is 5.04. The van der Waals surface area contributed by atoms with Crippen molar-refractivity contribution in [3.05, 3.63) is 33.7 Å². The van der Waals surface area contributed by atoms with Crippen LogP contribution in [0.5, 0.6) is 0 Å². The minimum Gasteiger partial charge on any atom is -0.347 e. The zero-order valence-electron chi connectivity index (χ0n) is 12.7. The third-order valence-electron chi connectivity index (χ3n) is 4.66. The van der Waals surface area contributed by atoms with Gasteiger partial charge in [-0.25, -0.2) is 0 Å². The van der Waals surface area contributed by atoms with Gasteiger partial charge in [0, 0.05) is 29.6 Å². The third-order valence-corrected chi connectivity index (χ3v) is 6.40. The van der Waals surface area contributed by atoms with Crippen LogP contribution < -0.4 is 5.32 Å². The Bertz CT molecular complexity index is 903. The summed E-state index contributed by atoms with van der Waals surface area (Å²) in [5, 5.41) is 3.14. The van der Waals surface area contributed by atoms with Crippen molar-refractivity contribution in [2.45, 2.75) is 24.6 Å². The molecule has 0 radical (unpaired) electrons. The average molecular weight is 389 g/mol. The van der Waals surface area contributed by atoms with E-state index in [-0.39, 0.29) is 31.4 Å². The van der Waals surface area contributed by atoms with E-state index in [1.54, 1.807) is 0 Å². The maximum Gasteiger partial charge on any atom is 0.417 e. The maximum atomic E-state index is 13.2. The first-order valence-electron chi connectivity index (χ1n) is 7.59. The van der Waals surface area contributed by atoms with Crippen molar-refractivity contribution in [1.82, 2.24) is 10.2 Å². The molecule has 2 aliphatic rings. The number of fused-ring (bicyclic) bond motifs is 1. The first-order chi connectivity index (χ1) is 11.7. The van der Waals surface area contributed by atoms with Gasteiger partial charge in [0.15, 0.2) is 0 Å². The topological polar surface area (TPSA) is 49.4 Å². The van der Waals surface area contributed by atoms with Crippen molar-refractivity contribution >= 4 is 44.8 Å². The fourth-order valence-electron chi connectivity index (χ4n) is 3.43. The number of rotatable bonds is 1. The Morgan fingerprint density at radius 2 is 2.04 bits per heavy atom. The Morgan fingerprint density at radius 1 is 1.32 bits per heavy atom. The Morgan fingerprint density at radius 3 is 2.64 bits per heavy atom. The molecule has 2 aliphatic heterocycles. The molecule has 4 rings (SSSR count). The monoisotopic (exact) mass is 388 g/mol. The number of benzene rings is 1. The van der Waals surface area contributed by atoms with E-state index >= 15 is 0 Å². The summed E-state index contributed by atoms with van der Waals surface area (Å²) in [5.74, 6) is -0.437. The molecule has 1 spiro atoms. The minimum absolute atomic E-state index is 0.0345. The van der Waals surface area contributed by atoms with Crippen molar-refractivity contribution in [3.63, 3.8) is 0 Å². The van der Waals surface area contributed by atoms with E-state index < -0.39 is 17.6 Å². The molecule has 132 valence electrons. The number of nitrogens with one attached hydrogen (secondary N) is 1. The van der Waals surface area contributed by atoms with Crippen LogP contribution in [0.4, 0.5) is 13.2 Å². The van der Waals surface area contributed by atoms with E-state index in [1.807, 2.05) is 0 Å². The van der Waals surface area contributed by atoms with Crippen molar-refractivity contribution in [2.75, 3.05) is 13.1 Å². The molecular formula is C16H12ClF3N2O2S. The second kappa shape index (κ2) is 5.35. The number of carbonyl (C=O) groups is 2. The molecule has 2 fully saturated rings. The molecule has 2 saturated heterocycles. The molecule has 4 nitrogen and oxygen atoms in total. The van der Waals surface area contributed by atoms with Gasteiger partial charge in [-0.2, -0.15) is 13.2 Å². The highest BCUT2D eigenvalue weighted by molar-refractivity contribution is 7.21. The lowest BCUT2D eigenvalue weighted by Crippen LogP contribution is -2.68. The molecule has 0 bridgehead atoms. The van der Waals surface area contributed by atoms with Gasteiger partial charge in [-0.3, -0.25) is 9.59 Å². The molecule has 9 heteroatoms. The molecule has 2 aromatic rings. The number of nitrogens with zero attached hydrogens (tertiary/aromatic N) is 1. The van der Waals surface area contributed by atoms with Gasteiger partial charge in [0.1, 0.15) is 4.88 Å². The zero-order valence-corrected chi connectivity index (χ0v) is 14.3. The number of alkyl halides is 3. The van der Waals surface area contributed by atoms with E-state index in [9.17, 15) is 22.8 Å². The second-order valence-electron chi connectivity index (χ2n) is 6.41. The van der Waals surface area contributed by atoms with Crippen LogP contribution in [-0.4, -0.2) is 35.3 Å². The highest BCUT2D eigenvalue weighted by atomic mass is 35.5. The molecule has 1 aromatic carbocycles. The maximum absolute atomic E-state index is 13.2. The summed E-state index contributed by atoms with van der Waals surface area (Å²) in [6.07, 6.45) is -3.42. The second-order valence-corrected chi connectivity index (χ2v) is 7.81. The Hall–Kier alpha value is -1.80. The number of likely N-dealkylation sites (tertiary alicyclic amines) is 1. The predicted molar refractivity (Wildman–Crippen MR) is 87.8 cm³/mol. The molecule has 0 atom stereocenters. The van der Waals surface area contributed by atoms with Crippen LogP contribution in [-0.2, 0) is 11.0 Å². The third kappa shape index (κ3) is 2.58. The minimum atomic E-state index is -4.51. The Balaban J connectivity index is 1.65. The summed E-state index contributed by atoms with van der Waals surface area (Å²) in [4.78, 5) is 25.6. The van der Waals surface area contributed by atoms with E-state index in [4.69, 9.17) is 11.6 Å². The lowest BCUT2D eigenvalue weighted by molar-refractivity contribution is -0.136. The van der Waals surface area contributed by atoms with Crippen LogP contribution in [0.3, 0.4) is 0 Å². The van der Waals surface area contributed by atoms with Gasteiger partial charge in [0.05, 0.1) is 16.1 Å². The van der Waals surface area contributed by atoms with Gasteiger partial charge in [-0.05, 0) is 12.5 Å². The fraction of sp³-hybridized carbons (Fsp3) is 0.375. The van der Waals surface area contributed by atoms with Crippen LogP contribution in [0.2, 0.25) is 5.02 Å². The first kappa shape index (κ1) is 16.7. The van der Waals surface area contributed by atoms with Gasteiger partial charge in [0.2, 0.25) is 5.91 Å². The van der Waals surface area contributed by atoms with Crippen LogP contribution in [0.15, 0.2) is 18.2 Å². The first-order valence-corrected chi connectivity index (χ1v) is 8.78. The van der Waals surface area contributed by atoms with Crippen molar-refractivity contribution < 1.29 is 22.8 Å². The van der Waals surface area contributed by atoms with Gasteiger partial charge in [-0.15, -0.1) is 11.3 Å². The molecule has 0 aliphatic carbocycles. The van der Waals surface area contributed by atoms with Crippen molar-refractivity contribution in [2.24, 2.45) is 0 Å². The van der Waals surface area contributed by atoms with Crippen LogP contribution in [0.1, 0.15) is 28.1 Å². The lowest BCUT2D eigenvalue weighted by atomic mass is 9.88. The summed E-state index contributed by atoms with van der Waals surface area (Å²) in [6, 6.07) is 3.75. The summed E-state index contributed by atoms with van der Waals surface area (Å²) in [5.41, 5.74) is -1.17. The highest BCUT2D eigenvalue weighted by Crippen LogP contribution is 2.44. The quantitative estimate of drug-likeness (QED) is 0.810. The molecule has 25 heavy (non-hydrogen) atoms. The summed E-state index contributed by atoms with van der Waals surface area (Å²) < 4.78 is 39.4. The van der Waals surface area contributed by atoms with Crippen LogP contribution >= 0.6 is 22.9 Å². The van der Waals surface area contributed by atoms with Gasteiger partial charge >= 0.3 is 6.18 Å². The zero-order chi connectivity index (χ0) is 18.0. The van der Waals surface area contributed by atoms with Crippen LogP contribution in [0.25, 0.3) is 10.1 Å². The number of halogens is 4. The lowest BCUT2D eigenvalue weighted by Gasteiger charge is -2.47. The van der Waals surface area contributed by atoms with Crippen molar-refractivity contribution in [1.29, 1.82) is 0 Å². The van der Waals surface area contributed by atoms with E-state index in [1.165, 1.54) is 17.0 Å². The highest BCUT2D eigenvalue weighted by Gasteiger charge is 2.50. The molecule has 3 heterocycles. The van der Waals surface area contributed by atoms with Crippen molar-refractivity contribution in [3.8, 4) is 0 Å². The molecule has 1 N–H and O–H groups in total. The van der Waals surface area contributed by atoms with Gasteiger partial charge in [-0.1, -0.05) is 23.7 Å². The van der Waals surface area contributed by atoms with Gasteiger partial charge < -0.3 is 10.2 Å². The standard InChI is InChI=1S/C16H12ClF3N2O2S/c17-11-8-2-1-3-9(16(18,19)20)12(8)25-13(11)14(24)22-6-15(7-22)5-4-10(23)21-15/h1-3H,4-7H2,(H,21,23). The number of carbonyl (C=O) groups excluding carboxylic acids is 2. The van der Waals surface area contributed by atoms with Crippen LogP contribution in [0, 0.1) is 0 Å². The number of amides is 2. The molecule has 0 saturated carbocycles.